The number of ether oxygens (including phenoxy) is 2. The van der Waals surface area contributed by atoms with E-state index in [1.54, 1.807) is 31.2 Å². The number of halogens is 3. The number of ketones is 1. The fourth-order valence-corrected chi connectivity index (χ4v) is 5.53. The zero-order valence-electron chi connectivity index (χ0n) is 19.3. The van der Waals surface area contributed by atoms with E-state index in [0.29, 0.717) is 49.5 Å². The van der Waals surface area contributed by atoms with Crippen LogP contribution in [0.1, 0.15) is 39.9 Å². The number of carbonyl (C=O) groups excluding carboxylic acids is 2. The van der Waals surface area contributed by atoms with Gasteiger partial charge in [-0.1, -0.05) is 69.5 Å². The number of fused-ring (bicyclic) bond motifs is 2. The lowest BCUT2D eigenvalue weighted by Crippen LogP contribution is -2.29. The Bertz CT molecular complexity index is 1490. The predicted octanol–water partition coefficient (Wildman–Crippen LogP) is 7.08. The Morgan fingerprint density at radius 1 is 1.06 bits per heavy atom. The second-order valence-corrected chi connectivity index (χ2v) is 10.2. The average Bonchev–Trinajstić information content (AvgIpc) is 3.14. The summed E-state index contributed by atoms with van der Waals surface area (Å²) in [5, 5.41) is 4.31. The molecule has 0 unspecified atom stereocenters. The van der Waals surface area contributed by atoms with Gasteiger partial charge in [0, 0.05) is 48.0 Å². The molecule has 36 heavy (non-hydrogen) atoms. The molecule has 0 radical (unpaired) electrons. The molecule has 5 rings (SSSR count). The molecule has 0 fully saturated rings. The van der Waals surface area contributed by atoms with Crippen molar-refractivity contribution in [2.45, 2.75) is 19.4 Å². The van der Waals surface area contributed by atoms with E-state index >= 15 is 0 Å². The number of carbonyl (C=O) groups is 2. The first-order valence-corrected chi connectivity index (χ1v) is 12.7. The van der Waals surface area contributed by atoms with Crippen LogP contribution in [0.5, 0.6) is 5.75 Å². The summed E-state index contributed by atoms with van der Waals surface area (Å²) in [6, 6.07) is 18.1. The number of allylic oxidation sites excluding steroid dienone is 2. The van der Waals surface area contributed by atoms with Crippen LogP contribution in [0, 0.1) is 0 Å². The van der Waals surface area contributed by atoms with Crippen LogP contribution in [-0.4, -0.2) is 18.9 Å². The van der Waals surface area contributed by atoms with Crippen LogP contribution in [0.3, 0.4) is 0 Å². The first-order valence-electron chi connectivity index (χ1n) is 11.1. The number of esters is 1. The first kappa shape index (κ1) is 24.6. The minimum absolute atomic E-state index is 0.140. The highest BCUT2D eigenvalue weighted by Crippen LogP contribution is 2.49. The van der Waals surface area contributed by atoms with Gasteiger partial charge in [0.1, 0.15) is 12.4 Å². The van der Waals surface area contributed by atoms with Crippen LogP contribution in [0.2, 0.25) is 10.0 Å². The molecule has 0 amide bonds. The highest BCUT2D eigenvalue weighted by atomic mass is 79.9. The SMILES string of the molecule is COC(=O)C1=C(C)NC2=C(C(=O)c3ccccc32)[C@H]1c1cc(Br)ccc1OCc1ccc(Cl)cc1Cl. The van der Waals surface area contributed by atoms with Crippen LogP contribution in [0.25, 0.3) is 5.70 Å². The summed E-state index contributed by atoms with van der Waals surface area (Å²) in [4.78, 5) is 26.7. The monoisotopic (exact) mass is 583 g/mol. The number of nitrogens with one attached hydrogen (secondary N) is 1. The Kier molecular flexibility index (Phi) is 6.68. The second kappa shape index (κ2) is 9.77. The maximum atomic E-state index is 13.7. The van der Waals surface area contributed by atoms with Gasteiger partial charge in [-0.2, -0.15) is 0 Å². The van der Waals surface area contributed by atoms with E-state index in [4.69, 9.17) is 32.7 Å². The summed E-state index contributed by atoms with van der Waals surface area (Å²) in [6.07, 6.45) is 0. The van der Waals surface area contributed by atoms with E-state index < -0.39 is 11.9 Å². The Morgan fingerprint density at radius 3 is 2.53 bits per heavy atom. The predicted molar refractivity (Wildman–Crippen MR) is 143 cm³/mol. The molecule has 1 aliphatic carbocycles. The molecule has 182 valence electrons. The minimum atomic E-state index is -0.707. The summed E-state index contributed by atoms with van der Waals surface area (Å²) in [6.45, 7) is 1.98. The second-order valence-electron chi connectivity index (χ2n) is 8.46. The number of Topliss-reactive ketones (excluding diaryl/α,β-unsaturated/α-hetero) is 1. The summed E-state index contributed by atoms with van der Waals surface area (Å²) in [5.74, 6) is -0.853. The molecule has 0 bridgehead atoms. The van der Waals surface area contributed by atoms with Crippen molar-refractivity contribution in [2.24, 2.45) is 0 Å². The van der Waals surface area contributed by atoms with E-state index in [9.17, 15) is 9.59 Å². The molecule has 5 nitrogen and oxygen atoms in total. The van der Waals surface area contributed by atoms with Crippen LogP contribution in [0.4, 0.5) is 0 Å². The van der Waals surface area contributed by atoms with E-state index in [1.165, 1.54) is 7.11 Å². The van der Waals surface area contributed by atoms with Crippen molar-refractivity contribution in [3.8, 4) is 5.75 Å². The fourth-order valence-electron chi connectivity index (χ4n) is 4.69. The van der Waals surface area contributed by atoms with Crippen molar-refractivity contribution >= 4 is 56.6 Å². The minimum Gasteiger partial charge on any atom is -0.489 e. The van der Waals surface area contributed by atoms with Gasteiger partial charge in [0.25, 0.3) is 0 Å². The highest BCUT2D eigenvalue weighted by molar-refractivity contribution is 9.10. The van der Waals surface area contributed by atoms with Gasteiger partial charge in [0.15, 0.2) is 5.78 Å². The molecule has 3 aromatic carbocycles. The molecule has 1 atom stereocenters. The van der Waals surface area contributed by atoms with Crippen molar-refractivity contribution in [3.05, 3.63) is 114 Å². The summed E-state index contributed by atoms with van der Waals surface area (Å²) >= 11 is 15.9. The quantitative estimate of drug-likeness (QED) is 0.325. The molecule has 0 saturated carbocycles. The van der Waals surface area contributed by atoms with Crippen molar-refractivity contribution in [3.63, 3.8) is 0 Å². The van der Waals surface area contributed by atoms with Crippen LogP contribution >= 0.6 is 39.1 Å². The first-order chi connectivity index (χ1) is 17.3. The maximum absolute atomic E-state index is 13.7. The number of methoxy groups -OCH3 is 1. The average molecular weight is 585 g/mol. The lowest BCUT2D eigenvalue weighted by atomic mass is 9.79. The van der Waals surface area contributed by atoms with Crippen molar-refractivity contribution in [1.82, 2.24) is 5.32 Å². The van der Waals surface area contributed by atoms with Gasteiger partial charge in [-0.05, 0) is 37.3 Å². The highest BCUT2D eigenvalue weighted by Gasteiger charge is 2.43. The lowest BCUT2D eigenvalue weighted by molar-refractivity contribution is -0.136. The Morgan fingerprint density at radius 2 is 1.81 bits per heavy atom. The molecular weight excluding hydrogens is 565 g/mol. The van der Waals surface area contributed by atoms with Gasteiger partial charge < -0.3 is 14.8 Å². The van der Waals surface area contributed by atoms with Crippen molar-refractivity contribution in [2.75, 3.05) is 7.11 Å². The normalized spacial score (nSPS) is 16.5. The number of dihydropyridines is 1. The van der Waals surface area contributed by atoms with E-state index in [-0.39, 0.29) is 12.4 Å². The molecule has 0 spiro atoms. The van der Waals surface area contributed by atoms with Crippen LogP contribution in [0.15, 0.2) is 82.0 Å². The summed E-state index contributed by atoms with van der Waals surface area (Å²) in [7, 11) is 1.33. The molecule has 1 aliphatic heterocycles. The summed E-state index contributed by atoms with van der Waals surface area (Å²) in [5.41, 5.74) is 4.94. The van der Waals surface area contributed by atoms with Crippen LogP contribution < -0.4 is 10.1 Å². The Labute approximate surface area is 226 Å². The molecule has 1 N–H and O–H groups in total. The van der Waals surface area contributed by atoms with Crippen molar-refractivity contribution < 1.29 is 19.1 Å². The van der Waals surface area contributed by atoms with Gasteiger partial charge >= 0.3 is 5.97 Å². The molecule has 3 aromatic rings. The molecule has 8 heteroatoms. The molecule has 2 aliphatic rings. The topological polar surface area (TPSA) is 64.6 Å². The van der Waals surface area contributed by atoms with Gasteiger partial charge in [-0.3, -0.25) is 4.79 Å². The van der Waals surface area contributed by atoms with Gasteiger partial charge in [0.05, 0.1) is 24.3 Å². The lowest BCUT2D eigenvalue weighted by Gasteiger charge is -2.30. The third-order valence-electron chi connectivity index (χ3n) is 6.34. The Hall–Kier alpha value is -3.06. The summed E-state index contributed by atoms with van der Waals surface area (Å²) < 4.78 is 12.2. The van der Waals surface area contributed by atoms with Crippen LogP contribution in [-0.2, 0) is 16.1 Å². The zero-order valence-corrected chi connectivity index (χ0v) is 22.4. The fraction of sp³-hybridized carbons (Fsp3) is 0.143. The number of rotatable bonds is 5. The Balaban J connectivity index is 1.65. The molecule has 0 saturated heterocycles. The van der Waals surface area contributed by atoms with Gasteiger partial charge in [-0.25, -0.2) is 4.79 Å². The number of benzene rings is 3. The third-order valence-corrected chi connectivity index (χ3v) is 7.42. The number of hydrogen-bond acceptors (Lipinski definition) is 5. The largest absolute Gasteiger partial charge is 0.489 e. The van der Waals surface area contributed by atoms with E-state index in [1.807, 2.05) is 36.4 Å². The van der Waals surface area contributed by atoms with Gasteiger partial charge in [-0.15, -0.1) is 0 Å². The van der Waals surface area contributed by atoms with E-state index in [0.717, 1.165) is 15.6 Å². The third kappa shape index (κ3) is 4.23. The van der Waals surface area contributed by atoms with Crippen molar-refractivity contribution in [1.29, 1.82) is 0 Å². The smallest absolute Gasteiger partial charge is 0.336 e. The molecular formula is C28H20BrCl2NO4. The molecule has 0 aromatic heterocycles. The van der Waals surface area contributed by atoms with Gasteiger partial charge in [0.2, 0.25) is 0 Å². The molecule has 1 heterocycles. The number of hydrogen-bond donors (Lipinski definition) is 1. The maximum Gasteiger partial charge on any atom is 0.336 e. The van der Waals surface area contributed by atoms with E-state index in [2.05, 4.69) is 21.2 Å². The zero-order chi connectivity index (χ0) is 25.6. The standard InChI is InChI=1S/C28H20BrCl2NO4/c1-14-23(28(34)35-2)24(25-26(32-14)18-5-3-4-6-19(18)27(25)33)20-11-16(29)8-10-22(20)36-13-15-7-9-17(30)12-21(15)31/h3-12,24,32H,13H2,1-2H3/t24-/m0/s1.